The SMILES string of the molecule is Cc1cc(Cl)cc(C(=O)Nc2cccc(CC(=O)O)c2)c1. The molecule has 2 rings (SSSR count). The summed E-state index contributed by atoms with van der Waals surface area (Å²) in [6, 6.07) is 11.9. The summed E-state index contributed by atoms with van der Waals surface area (Å²) in [7, 11) is 0. The minimum Gasteiger partial charge on any atom is -0.481 e. The Morgan fingerprint density at radius 2 is 1.95 bits per heavy atom. The summed E-state index contributed by atoms with van der Waals surface area (Å²) in [5.41, 5.74) is 2.54. The minimum atomic E-state index is -0.913. The van der Waals surface area contributed by atoms with Crippen LogP contribution in [-0.2, 0) is 11.2 Å². The van der Waals surface area contributed by atoms with E-state index in [0.29, 0.717) is 21.8 Å². The van der Waals surface area contributed by atoms with Crippen molar-refractivity contribution < 1.29 is 14.7 Å². The number of aliphatic carboxylic acids is 1. The number of rotatable bonds is 4. The highest BCUT2D eigenvalue weighted by Crippen LogP contribution is 2.17. The van der Waals surface area contributed by atoms with E-state index in [2.05, 4.69) is 5.32 Å². The fourth-order valence-corrected chi connectivity index (χ4v) is 2.29. The molecule has 0 radical (unpaired) electrons. The van der Waals surface area contributed by atoms with E-state index in [-0.39, 0.29) is 12.3 Å². The molecule has 0 unspecified atom stereocenters. The molecule has 0 atom stereocenters. The van der Waals surface area contributed by atoms with Gasteiger partial charge in [-0.3, -0.25) is 9.59 Å². The number of anilines is 1. The van der Waals surface area contributed by atoms with Crippen LogP contribution in [-0.4, -0.2) is 17.0 Å². The number of hydrogen-bond donors (Lipinski definition) is 2. The summed E-state index contributed by atoms with van der Waals surface area (Å²) in [4.78, 5) is 22.9. The number of benzene rings is 2. The van der Waals surface area contributed by atoms with Crippen LogP contribution < -0.4 is 5.32 Å². The molecule has 0 aliphatic rings. The van der Waals surface area contributed by atoms with Gasteiger partial charge in [0, 0.05) is 16.3 Å². The molecule has 0 fully saturated rings. The summed E-state index contributed by atoms with van der Waals surface area (Å²) in [6.07, 6.45) is -0.0833. The first-order valence-corrected chi connectivity index (χ1v) is 6.71. The second-order valence-corrected chi connectivity index (χ2v) is 5.18. The fourth-order valence-electron chi connectivity index (χ4n) is 2.00. The maximum atomic E-state index is 12.2. The molecule has 0 heterocycles. The lowest BCUT2D eigenvalue weighted by Crippen LogP contribution is -2.12. The number of carboxylic acids is 1. The lowest BCUT2D eigenvalue weighted by Gasteiger charge is -2.08. The van der Waals surface area contributed by atoms with Gasteiger partial charge < -0.3 is 10.4 Å². The van der Waals surface area contributed by atoms with E-state index in [4.69, 9.17) is 16.7 Å². The summed E-state index contributed by atoms with van der Waals surface area (Å²) in [5, 5.41) is 12.0. The van der Waals surface area contributed by atoms with E-state index in [1.807, 2.05) is 6.92 Å². The highest BCUT2D eigenvalue weighted by atomic mass is 35.5. The molecule has 2 aromatic rings. The summed E-state index contributed by atoms with van der Waals surface area (Å²) in [6.45, 7) is 1.86. The average molecular weight is 304 g/mol. The molecule has 1 amide bonds. The Bertz CT molecular complexity index is 677. The number of aryl methyl sites for hydroxylation is 1. The summed E-state index contributed by atoms with van der Waals surface area (Å²) in [5.74, 6) is -1.20. The Kier molecular flexibility index (Phi) is 4.60. The van der Waals surface area contributed by atoms with Crippen LogP contribution in [0.4, 0.5) is 5.69 Å². The van der Waals surface area contributed by atoms with E-state index in [9.17, 15) is 9.59 Å². The molecule has 2 N–H and O–H groups in total. The molecule has 0 saturated heterocycles. The molecule has 0 saturated carbocycles. The van der Waals surface area contributed by atoms with Crippen molar-refractivity contribution in [2.75, 3.05) is 5.32 Å². The molecular formula is C16H14ClNO3. The third-order valence-electron chi connectivity index (χ3n) is 2.84. The Balaban J connectivity index is 2.17. The maximum absolute atomic E-state index is 12.2. The Morgan fingerprint density at radius 3 is 2.62 bits per heavy atom. The van der Waals surface area contributed by atoms with Gasteiger partial charge in [-0.05, 0) is 48.4 Å². The number of carbonyl (C=O) groups excluding carboxylic acids is 1. The zero-order valence-electron chi connectivity index (χ0n) is 11.4. The van der Waals surface area contributed by atoms with Crippen molar-refractivity contribution in [3.05, 3.63) is 64.2 Å². The van der Waals surface area contributed by atoms with Gasteiger partial charge >= 0.3 is 5.97 Å². The van der Waals surface area contributed by atoms with Gasteiger partial charge in [0.15, 0.2) is 0 Å². The van der Waals surface area contributed by atoms with E-state index in [0.717, 1.165) is 5.56 Å². The Hall–Kier alpha value is -2.33. The summed E-state index contributed by atoms with van der Waals surface area (Å²) >= 11 is 5.93. The van der Waals surface area contributed by atoms with Crippen molar-refractivity contribution in [1.82, 2.24) is 0 Å². The molecule has 108 valence electrons. The smallest absolute Gasteiger partial charge is 0.307 e. The van der Waals surface area contributed by atoms with Crippen LogP contribution in [0.2, 0.25) is 5.02 Å². The standard InChI is InChI=1S/C16H14ClNO3/c1-10-5-12(9-13(17)6-10)16(21)18-14-4-2-3-11(7-14)8-15(19)20/h2-7,9H,8H2,1H3,(H,18,21)(H,19,20). The van der Waals surface area contributed by atoms with Crippen molar-refractivity contribution in [1.29, 1.82) is 0 Å². The zero-order chi connectivity index (χ0) is 15.4. The van der Waals surface area contributed by atoms with Crippen LogP contribution in [0, 0.1) is 6.92 Å². The van der Waals surface area contributed by atoms with Gasteiger partial charge in [0.1, 0.15) is 0 Å². The number of carboxylic acid groups (broad SMARTS) is 1. The number of amides is 1. The van der Waals surface area contributed by atoms with E-state index >= 15 is 0 Å². The van der Waals surface area contributed by atoms with Gasteiger partial charge in [0.25, 0.3) is 5.91 Å². The number of halogens is 1. The molecular weight excluding hydrogens is 290 g/mol. The van der Waals surface area contributed by atoms with Crippen molar-refractivity contribution in [2.45, 2.75) is 13.3 Å². The van der Waals surface area contributed by atoms with Gasteiger partial charge in [0.05, 0.1) is 6.42 Å². The lowest BCUT2D eigenvalue weighted by atomic mass is 10.1. The monoisotopic (exact) mass is 303 g/mol. The largest absolute Gasteiger partial charge is 0.481 e. The number of nitrogens with one attached hydrogen (secondary N) is 1. The Morgan fingerprint density at radius 1 is 1.19 bits per heavy atom. The highest BCUT2D eigenvalue weighted by molar-refractivity contribution is 6.31. The van der Waals surface area contributed by atoms with Gasteiger partial charge in [-0.15, -0.1) is 0 Å². The minimum absolute atomic E-state index is 0.0833. The van der Waals surface area contributed by atoms with Crippen LogP contribution in [0.3, 0.4) is 0 Å². The van der Waals surface area contributed by atoms with Gasteiger partial charge in [0.2, 0.25) is 0 Å². The van der Waals surface area contributed by atoms with Crippen molar-refractivity contribution in [3.63, 3.8) is 0 Å². The van der Waals surface area contributed by atoms with Crippen molar-refractivity contribution in [3.8, 4) is 0 Å². The van der Waals surface area contributed by atoms with Crippen LogP contribution >= 0.6 is 11.6 Å². The molecule has 21 heavy (non-hydrogen) atoms. The number of carbonyl (C=O) groups is 2. The zero-order valence-corrected chi connectivity index (χ0v) is 12.1. The fraction of sp³-hybridized carbons (Fsp3) is 0.125. The van der Waals surface area contributed by atoms with Gasteiger partial charge in [-0.1, -0.05) is 23.7 Å². The van der Waals surface area contributed by atoms with Crippen LogP contribution in [0.5, 0.6) is 0 Å². The first kappa shape index (κ1) is 15.1. The summed E-state index contributed by atoms with van der Waals surface area (Å²) < 4.78 is 0. The van der Waals surface area contributed by atoms with Crippen LogP contribution in [0.25, 0.3) is 0 Å². The van der Waals surface area contributed by atoms with Crippen LogP contribution in [0.1, 0.15) is 21.5 Å². The first-order chi connectivity index (χ1) is 9.94. The second kappa shape index (κ2) is 6.41. The highest BCUT2D eigenvalue weighted by Gasteiger charge is 2.09. The van der Waals surface area contributed by atoms with Crippen molar-refractivity contribution >= 4 is 29.2 Å². The topological polar surface area (TPSA) is 66.4 Å². The molecule has 0 aliphatic heterocycles. The Labute approximate surface area is 127 Å². The van der Waals surface area contributed by atoms with Crippen molar-refractivity contribution in [2.24, 2.45) is 0 Å². The molecule has 5 heteroatoms. The van der Waals surface area contributed by atoms with E-state index < -0.39 is 5.97 Å². The van der Waals surface area contributed by atoms with Gasteiger partial charge in [-0.25, -0.2) is 0 Å². The predicted molar refractivity (Wildman–Crippen MR) is 81.9 cm³/mol. The third-order valence-corrected chi connectivity index (χ3v) is 3.06. The van der Waals surface area contributed by atoms with E-state index in [1.165, 1.54) is 0 Å². The number of hydrogen-bond acceptors (Lipinski definition) is 2. The first-order valence-electron chi connectivity index (χ1n) is 6.33. The normalized spacial score (nSPS) is 10.2. The average Bonchev–Trinajstić information content (AvgIpc) is 2.37. The molecule has 0 aromatic heterocycles. The van der Waals surface area contributed by atoms with Crippen LogP contribution in [0.15, 0.2) is 42.5 Å². The third kappa shape index (κ3) is 4.33. The predicted octanol–water partition coefficient (Wildman–Crippen LogP) is 3.53. The maximum Gasteiger partial charge on any atom is 0.307 e. The van der Waals surface area contributed by atoms with Gasteiger partial charge in [-0.2, -0.15) is 0 Å². The molecule has 0 spiro atoms. The molecule has 0 aliphatic carbocycles. The second-order valence-electron chi connectivity index (χ2n) is 4.74. The molecule has 0 bridgehead atoms. The molecule has 4 nitrogen and oxygen atoms in total. The molecule has 2 aromatic carbocycles. The lowest BCUT2D eigenvalue weighted by molar-refractivity contribution is -0.136. The van der Waals surface area contributed by atoms with E-state index in [1.54, 1.807) is 42.5 Å². The quantitative estimate of drug-likeness (QED) is 0.908.